The quantitative estimate of drug-likeness (QED) is 0.645. The molecule has 0 aliphatic carbocycles. The number of imide groups is 1. The number of carbonyl (C=O) groups excluding carboxylic acids is 2. The van der Waals surface area contributed by atoms with Gasteiger partial charge in [-0.25, -0.2) is 0 Å². The van der Waals surface area contributed by atoms with Gasteiger partial charge in [-0.2, -0.15) is 0 Å². The van der Waals surface area contributed by atoms with Crippen LogP contribution in [-0.2, 0) is 5.41 Å². The first-order valence-electron chi connectivity index (χ1n) is 9.31. The Hall–Kier alpha value is -3.60. The largest absolute Gasteiger partial charge is 0.497 e. The average Bonchev–Trinajstić information content (AvgIpc) is 3.01. The highest BCUT2D eigenvalue weighted by atomic mass is 16.5. The van der Waals surface area contributed by atoms with Gasteiger partial charge in [0.05, 0.1) is 18.2 Å². The van der Waals surface area contributed by atoms with E-state index in [9.17, 15) is 9.59 Å². The molecule has 1 aliphatic rings. The maximum atomic E-state index is 11.8. The molecule has 1 aliphatic heterocycles. The van der Waals surface area contributed by atoms with Crippen molar-refractivity contribution in [2.75, 3.05) is 7.11 Å². The molecule has 3 aromatic rings. The number of nitrogens with one attached hydrogen (secondary N) is 1. The van der Waals surface area contributed by atoms with Crippen LogP contribution in [-0.4, -0.2) is 18.9 Å². The number of methoxy groups -OCH3 is 1. The number of benzene rings is 3. The molecule has 146 valence electrons. The zero-order chi connectivity index (χ0) is 20.6. The molecule has 2 amide bonds. The normalized spacial score (nSPS) is 13.1. The minimum Gasteiger partial charge on any atom is -0.497 e. The summed E-state index contributed by atoms with van der Waals surface area (Å²) in [4.78, 5) is 23.5. The molecule has 1 heterocycles. The van der Waals surface area contributed by atoms with Crippen molar-refractivity contribution >= 4 is 11.8 Å². The molecule has 5 heteroatoms. The van der Waals surface area contributed by atoms with Crippen LogP contribution in [0, 0.1) is 0 Å². The van der Waals surface area contributed by atoms with Gasteiger partial charge in [-0.1, -0.05) is 38.1 Å². The Balaban J connectivity index is 1.54. The van der Waals surface area contributed by atoms with Crippen LogP contribution in [0.25, 0.3) is 0 Å². The van der Waals surface area contributed by atoms with Gasteiger partial charge in [0.1, 0.15) is 17.2 Å². The summed E-state index contributed by atoms with van der Waals surface area (Å²) in [6.45, 7) is 4.33. The summed E-state index contributed by atoms with van der Waals surface area (Å²) in [5, 5.41) is 2.28. The maximum absolute atomic E-state index is 11.8. The molecule has 1 N–H and O–H groups in total. The fourth-order valence-corrected chi connectivity index (χ4v) is 3.46. The van der Waals surface area contributed by atoms with Gasteiger partial charge in [-0.15, -0.1) is 0 Å². The van der Waals surface area contributed by atoms with Crippen LogP contribution in [0.5, 0.6) is 17.2 Å². The molecule has 4 rings (SSSR count). The fourth-order valence-electron chi connectivity index (χ4n) is 3.46. The third kappa shape index (κ3) is 3.47. The number of rotatable bonds is 5. The van der Waals surface area contributed by atoms with E-state index in [1.54, 1.807) is 25.3 Å². The summed E-state index contributed by atoms with van der Waals surface area (Å²) in [5.41, 5.74) is 2.86. The van der Waals surface area contributed by atoms with Gasteiger partial charge in [0.2, 0.25) is 0 Å². The highest BCUT2D eigenvalue weighted by Crippen LogP contribution is 2.34. The molecule has 0 radical (unpaired) electrons. The third-order valence-electron chi connectivity index (χ3n) is 5.33. The first-order valence-corrected chi connectivity index (χ1v) is 9.31. The van der Waals surface area contributed by atoms with E-state index >= 15 is 0 Å². The highest BCUT2D eigenvalue weighted by molar-refractivity contribution is 6.21. The van der Waals surface area contributed by atoms with Crippen molar-refractivity contribution in [1.29, 1.82) is 0 Å². The first kappa shape index (κ1) is 18.7. The molecule has 0 aromatic heterocycles. The van der Waals surface area contributed by atoms with Crippen molar-refractivity contribution in [3.8, 4) is 17.2 Å². The summed E-state index contributed by atoms with van der Waals surface area (Å²) in [7, 11) is 1.66. The fraction of sp³-hybridized carbons (Fsp3) is 0.167. The molecule has 29 heavy (non-hydrogen) atoms. The van der Waals surface area contributed by atoms with Gasteiger partial charge in [-0.05, 0) is 53.6 Å². The number of carbonyl (C=O) groups is 2. The minimum atomic E-state index is -0.396. The molecule has 0 fully saturated rings. The number of hydrogen-bond donors (Lipinski definition) is 1. The van der Waals surface area contributed by atoms with Crippen LogP contribution in [0.3, 0.4) is 0 Å². The van der Waals surface area contributed by atoms with Crippen molar-refractivity contribution in [1.82, 2.24) is 5.32 Å². The Bertz CT molecular complexity index is 1080. The van der Waals surface area contributed by atoms with E-state index in [1.807, 2.05) is 36.4 Å². The van der Waals surface area contributed by atoms with E-state index in [0.717, 1.165) is 11.3 Å². The van der Waals surface area contributed by atoms with Crippen LogP contribution in [0.15, 0.2) is 66.7 Å². The van der Waals surface area contributed by atoms with E-state index in [1.165, 1.54) is 5.56 Å². The lowest BCUT2D eigenvalue weighted by Gasteiger charge is -2.26. The van der Waals surface area contributed by atoms with Crippen molar-refractivity contribution in [3.63, 3.8) is 0 Å². The van der Waals surface area contributed by atoms with E-state index in [0.29, 0.717) is 22.6 Å². The van der Waals surface area contributed by atoms with Gasteiger partial charge < -0.3 is 9.47 Å². The van der Waals surface area contributed by atoms with Crippen molar-refractivity contribution in [2.45, 2.75) is 19.3 Å². The molecule has 0 bridgehead atoms. The monoisotopic (exact) mass is 387 g/mol. The highest BCUT2D eigenvalue weighted by Gasteiger charge is 2.27. The SMILES string of the molecule is COc1ccc(C(C)(C)c2ccc(Oc3ccc4c(c3)C(=O)NC4=O)cc2)cc1. The smallest absolute Gasteiger partial charge is 0.259 e. The second kappa shape index (κ2) is 7.09. The Kier molecular flexibility index (Phi) is 4.59. The predicted molar refractivity (Wildman–Crippen MR) is 110 cm³/mol. The van der Waals surface area contributed by atoms with Crippen LogP contribution < -0.4 is 14.8 Å². The number of hydrogen-bond acceptors (Lipinski definition) is 4. The Morgan fingerprint density at radius 3 is 1.79 bits per heavy atom. The van der Waals surface area contributed by atoms with Crippen molar-refractivity contribution in [2.24, 2.45) is 0 Å². The standard InChI is InChI=1S/C24H21NO4/c1-24(2,15-4-8-17(28-3)9-5-15)16-6-10-18(11-7-16)29-19-12-13-20-21(14-19)23(27)25-22(20)26/h4-14H,1-3H3,(H,25,26,27). The van der Waals surface area contributed by atoms with Gasteiger partial charge in [0.25, 0.3) is 11.8 Å². The molecular formula is C24H21NO4. The Morgan fingerprint density at radius 1 is 0.690 bits per heavy atom. The first-order chi connectivity index (χ1) is 13.9. The summed E-state index contributed by atoms with van der Waals surface area (Å²) in [6, 6.07) is 20.8. The van der Waals surface area contributed by atoms with Crippen LogP contribution in [0.4, 0.5) is 0 Å². The Morgan fingerprint density at radius 2 is 1.21 bits per heavy atom. The number of fused-ring (bicyclic) bond motifs is 1. The van der Waals surface area contributed by atoms with E-state index < -0.39 is 5.91 Å². The lowest BCUT2D eigenvalue weighted by atomic mass is 9.78. The predicted octanol–water partition coefficient (Wildman–Crippen LogP) is 4.70. The second-order valence-electron chi connectivity index (χ2n) is 7.47. The molecule has 3 aromatic carbocycles. The zero-order valence-electron chi connectivity index (χ0n) is 16.5. The molecule has 0 atom stereocenters. The molecule has 0 saturated carbocycles. The van der Waals surface area contributed by atoms with Crippen molar-refractivity contribution in [3.05, 3.63) is 89.0 Å². The average molecular weight is 387 g/mol. The van der Waals surface area contributed by atoms with Crippen LogP contribution in [0.2, 0.25) is 0 Å². The van der Waals surface area contributed by atoms with Crippen molar-refractivity contribution < 1.29 is 19.1 Å². The number of amides is 2. The van der Waals surface area contributed by atoms with Gasteiger partial charge in [0.15, 0.2) is 0 Å². The molecule has 0 spiro atoms. The summed E-state index contributed by atoms with van der Waals surface area (Å²) < 4.78 is 11.1. The Labute approximate surface area is 169 Å². The van der Waals surface area contributed by atoms with E-state index in [2.05, 4.69) is 31.3 Å². The molecule has 5 nitrogen and oxygen atoms in total. The lowest BCUT2D eigenvalue weighted by molar-refractivity contribution is 0.0879. The second-order valence-corrected chi connectivity index (χ2v) is 7.47. The zero-order valence-corrected chi connectivity index (χ0v) is 16.5. The molecule has 0 saturated heterocycles. The minimum absolute atomic E-state index is 0.184. The van der Waals surface area contributed by atoms with Gasteiger partial charge in [-0.3, -0.25) is 14.9 Å². The van der Waals surface area contributed by atoms with Crippen LogP contribution in [0.1, 0.15) is 45.7 Å². The topological polar surface area (TPSA) is 64.6 Å². The maximum Gasteiger partial charge on any atom is 0.259 e. The summed E-state index contributed by atoms with van der Waals surface area (Å²) in [6.07, 6.45) is 0. The van der Waals surface area contributed by atoms with E-state index in [4.69, 9.17) is 9.47 Å². The van der Waals surface area contributed by atoms with E-state index in [-0.39, 0.29) is 11.3 Å². The third-order valence-corrected chi connectivity index (χ3v) is 5.33. The number of ether oxygens (including phenoxy) is 2. The summed E-state index contributed by atoms with van der Waals surface area (Å²) >= 11 is 0. The lowest BCUT2D eigenvalue weighted by Crippen LogP contribution is -2.19. The molecular weight excluding hydrogens is 366 g/mol. The van der Waals surface area contributed by atoms with Crippen LogP contribution >= 0.6 is 0 Å². The summed E-state index contributed by atoms with van der Waals surface area (Å²) in [5.74, 6) is 1.23. The van der Waals surface area contributed by atoms with Gasteiger partial charge >= 0.3 is 0 Å². The molecule has 0 unspecified atom stereocenters. The van der Waals surface area contributed by atoms with Gasteiger partial charge in [0, 0.05) is 5.41 Å².